The molecule has 0 aromatic heterocycles. The fourth-order valence-electron chi connectivity index (χ4n) is 1.44. The molecule has 0 unspecified atom stereocenters. The number of hydrogen-bond acceptors (Lipinski definition) is 0. The Bertz CT molecular complexity index is 109. The van der Waals surface area contributed by atoms with E-state index in [1.54, 1.807) is 0 Å². The first-order valence-corrected chi connectivity index (χ1v) is 4.87. The second-order valence-corrected chi connectivity index (χ2v) is 4.87. The molecule has 0 heteroatoms. The van der Waals surface area contributed by atoms with Crippen molar-refractivity contribution in [2.24, 2.45) is 10.8 Å². The Labute approximate surface area is 72.4 Å². The Kier molecular flexibility index (Phi) is 3.60. The van der Waals surface area contributed by atoms with E-state index in [0.717, 1.165) is 0 Å². The van der Waals surface area contributed by atoms with Gasteiger partial charge in [0, 0.05) is 0 Å². The van der Waals surface area contributed by atoms with Crippen LogP contribution in [0.5, 0.6) is 0 Å². The van der Waals surface area contributed by atoms with Gasteiger partial charge in [0.25, 0.3) is 0 Å². The average molecular weight is 156 g/mol. The van der Waals surface area contributed by atoms with Crippen molar-refractivity contribution in [1.29, 1.82) is 0 Å². The van der Waals surface area contributed by atoms with Gasteiger partial charge in [-0.05, 0) is 17.3 Å². The molecule has 0 nitrogen and oxygen atoms in total. The van der Waals surface area contributed by atoms with Gasteiger partial charge in [0.2, 0.25) is 0 Å². The van der Waals surface area contributed by atoms with Gasteiger partial charge in [-0.25, -0.2) is 0 Å². The van der Waals surface area contributed by atoms with Crippen molar-refractivity contribution < 1.29 is 0 Å². The van der Waals surface area contributed by atoms with E-state index in [-0.39, 0.29) is 0 Å². The fourth-order valence-corrected chi connectivity index (χ4v) is 1.44. The summed E-state index contributed by atoms with van der Waals surface area (Å²) < 4.78 is 0. The topological polar surface area (TPSA) is 0 Å². The number of rotatable bonds is 4. The summed E-state index contributed by atoms with van der Waals surface area (Å²) in [6.07, 6.45) is 3.92. The lowest BCUT2D eigenvalue weighted by Crippen LogP contribution is -2.31. The molecular formula is C11H24. The highest BCUT2D eigenvalue weighted by molar-refractivity contribution is 4.84. The van der Waals surface area contributed by atoms with Crippen molar-refractivity contribution in [2.45, 2.75) is 60.8 Å². The Morgan fingerprint density at radius 2 is 1.27 bits per heavy atom. The standard InChI is InChI=1S/C11H24/c1-7-9-11(5,6)10(3,4)8-2/h7-9H2,1-6H3. The predicted molar refractivity (Wildman–Crippen MR) is 52.8 cm³/mol. The van der Waals surface area contributed by atoms with E-state index in [1.165, 1.54) is 19.3 Å². The Morgan fingerprint density at radius 3 is 1.55 bits per heavy atom. The summed E-state index contributed by atoms with van der Waals surface area (Å²) in [6.45, 7) is 14.1. The predicted octanol–water partition coefficient (Wildman–Crippen LogP) is 4.25. The molecule has 68 valence electrons. The third kappa shape index (κ3) is 2.50. The normalized spacial score (nSPS) is 13.6. The molecule has 0 radical (unpaired) electrons. The second kappa shape index (κ2) is 3.60. The Morgan fingerprint density at radius 1 is 0.818 bits per heavy atom. The minimum Gasteiger partial charge on any atom is -0.0654 e. The first-order valence-electron chi connectivity index (χ1n) is 4.87. The van der Waals surface area contributed by atoms with Crippen LogP contribution < -0.4 is 0 Å². The van der Waals surface area contributed by atoms with Gasteiger partial charge in [0.1, 0.15) is 0 Å². The van der Waals surface area contributed by atoms with Crippen molar-refractivity contribution in [3.8, 4) is 0 Å². The number of hydrogen-bond donors (Lipinski definition) is 0. The average Bonchev–Trinajstić information content (AvgIpc) is 1.87. The minimum absolute atomic E-state index is 0.489. The quantitative estimate of drug-likeness (QED) is 0.571. The molecule has 0 heterocycles. The molecular weight excluding hydrogens is 132 g/mol. The van der Waals surface area contributed by atoms with Crippen LogP contribution in [0, 0.1) is 10.8 Å². The van der Waals surface area contributed by atoms with E-state index < -0.39 is 0 Å². The first-order chi connectivity index (χ1) is 4.87. The summed E-state index contributed by atoms with van der Waals surface area (Å²) in [7, 11) is 0. The largest absolute Gasteiger partial charge is 0.0654 e. The van der Waals surface area contributed by atoms with Gasteiger partial charge in [0.15, 0.2) is 0 Å². The monoisotopic (exact) mass is 156 g/mol. The van der Waals surface area contributed by atoms with Crippen LogP contribution in [0.1, 0.15) is 60.8 Å². The van der Waals surface area contributed by atoms with Gasteiger partial charge in [-0.1, -0.05) is 54.4 Å². The highest BCUT2D eigenvalue weighted by Gasteiger charge is 2.33. The summed E-state index contributed by atoms with van der Waals surface area (Å²) in [5.41, 5.74) is 0.986. The zero-order chi connectivity index (χ0) is 9.12. The maximum atomic E-state index is 2.39. The van der Waals surface area contributed by atoms with Crippen molar-refractivity contribution in [3.05, 3.63) is 0 Å². The highest BCUT2D eigenvalue weighted by atomic mass is 14.4. The molecule has 0 bridgehead atoms. The molecule has 0 fully saturated rings. The van der Waals surface area contributed by atoms with Gasteiger partial charge in [0.05, 0.1) is 0 Å². The summed E-state index contributed by atoms with van der Waals surface area (Å²) in [6, 6.07) is 0. The second-order valence-electron chi connectivity index (χ2n) is 4.87. The summed E-state index contributed by atoms with van der Waals surface area (Å²) >= 11 is 0. The van der Waals surface area contributed by atoms with Crippen molar-refractivity contribution in [3.63, 3.8) is 0 Å². The third-order valence-corrected chi connectivity index (χ3v) is 3.59. The summed E-state index contributed by atoms with van der Waals surface area (Å²) in [4.78, 5) is 0. The molecule has 0 saturated carbocycles. The lowest BCUT2D eigenvalue weighted by Gasteiger charge is -2.41. The smallest absolute Gasteiger partial charge is 0.0303 e. The Balaban J connectivity index is 4.26. The van der Waals surface area contributed by atoms with E-state index in [2.05, 4.69) is 41.5 Å². The van der Waals surface area contributed by atoms with Crippen LogP contribution in [0.3, 0.4) is 0 Å². The van der Waals surface area contributed by atoms with Gasteiger partial charge in [-0.3, -0.25) is 0 Å². The molecule has 0 aromatic carbocycles. The van der Waals surface area contributed by atoms with Crippen LogP contribution in [0.15, 0.2) is 0 Å². The van der Waals surface area contributed by atoms with E-state index in [4.69, 9.17) is 0 Å². The zero-order valence-corrected chi connectivity index (χ0v) is 9.12. The van der Waals surface area contributed by atoms with E-state index in [0.29, 0.717) is 10.8 Å². The molecule has 0 saturated heterocycles. The van der Waals surface area contributed by atoms with Crippen LogP contribution in [0.2, 0.25) is 0 Å². The molecule has 0 spiro atoms. The van der Waals surface area contributed by atoms with Crippen LogP contribution in [0.25, 0.3) is 0 Å². The van der Waals surface area contributed by atoms with Gasteiger partial charge < -0.3 is 0 Å². The SMILES string of the molecule is CCCC(C)(C)C(C)(C)CC. The summed E-state index contributed by atoms with van der Waals surface area (Å²) in [5, 5.41) is 0. The third-order valence-electron chi connectivity index (χ3n) is 3.59. The van der Waals surface area contributed by atoms with E-state index in [1.807, 2.05) is 0 Å². The lowest BCUT2D eigenvalue weighted by molar-refractivity contribution is 0.0929. The fraction of sp³-hybridized carbons (Fsp3) is 1.00. The van der Waals surface area contributed by atoms with Crippen molar-refractivity contribution in [2.75, 3.05) is 0 Å². The molecule has 0 amide bonds. The van der Waals surface area contributed by atoms with Crippen LogP contribution >= 0.6 is 0 Å². The lowest BCUT2D eigenvalue weighted by atomic mass is 9.64. The maximum absolute atomic E-state index is 2.39. The van der Waals surface area contributed by atoms with Crippen molar-refractivity contribution >= 4 is 0 Å². The van der Waals surface area contributed by atoms with Crippen molar-refractivity contribution in [1.82, 2.24) is 0 Å². The molecule has 0 aliphatic carbocycles. The first kappa shape index (κ1) is 11.0. The molecule has 0 aliphatic heterocycles. The van der Waals surface area contributed by atoms with Gasteiger partial charge >= 0.3 is 0 Å². The van der Waals surface area contributed by atoms with Gasteiger partial charge in [-0.15, -0.1) is 0 Å². The van der Waals surface area contributed by atoms with Crippen LogP contribution in [0.4, 0.5) is 0 Å². The molecule has 0 rings (SSSR count). The van der Waals surface area contributed by atoms with Gasteiger partial charge in [-0.2, -0.15) is 0 Å². The molecule has 11 heavy (non-hydrogen) atoms. The zero-order valence-electron chi connectivity index (χ0n) is 9.12. The maximum Gasteiger partial charge on any atom is -0.0303 e. The van der Waals surface area contributed by atoms with Crippen LogP contribution in [-0.4, -0.2) is 0 Å². The molecule has 0 aromatic rings. The molecule has 0 N–H and O–H groups in total. The van der Waals surface area contributed by atoms with E-state index in [9.17, 15) is 0 Å². The minimum atomic E-state index is 0.489. The Hall–Kier alpha value is 0. The molecule has 0 aliphatic rings. The van der Waals surface area contributed by atoms with E-state index >= 15 is 0 Å². The highest BCUT2D eigenvalue weighted by Crippen LogP contribution is 2.44. The van der Waals surface area contributed by atoms with Crippen LogP contribution in [-0.2, 0) is 0 Å². The molecule has 0 atom stereocenters. The summed E-state index contributed by atoms with van der Waals surface area (Å²) in [5.74, 6) is 0.